The topological polar surface area (TPSA) is 43.1 Å². The van der Waals surface area contributed by atoms with Crippen LogP contribution in [0.1, 0.15) is 17.5 Å². The van der Waals surface area contributed by atoms with Crippen LogP contribution in [0.5, 0.6) is 0 Å². The van der Waals surface area contributed by atoms with Gasteiger partial charge in [0.1, 0.15) is 0 Å². The van der Waals surface area contributed by atoms with Gasteiger partial charge >= 0.3 is 0 Å². The van der Waals surface area contributed by atoms with Gasteiger partial charge in [0, 0.05) is 6.42 Å². The maximum absolute atomic E-state index is 11.5. The predicted molar refractivity (Wildman–Crippen MR) is 58.7 cm³/mol. The van der Waals surface area contributed by atoms with Crippen molar-refractivity contribution in [1.29, 1.82) is 0 Å². The van der Waals surface area contributed by atoms with Crippen LogP contribution in [-0.2, 0) is 17.6 Å². The van der Waals surface area contributed by atoms with Crippen LogP contribution in [0.3, 0.4) is 0 Å². The van der Waals surface area contributed by atoms with Crippen LogP contribution in [0.15, 0.2) is 24.3 Å². The number of Topliss-reactive ketones (excluding diaryl/α,β-unsaturated/α-hetero) is 1. The van der Waals surface area contributed by atoms with Gasteiger partial charge in [0.25, 0.3) is 0 Å². The van der Waals surface area contributed by atoms with Crippen LogP contribution in [0.2, 0.25) is 0 Å². The van der Waals surface area contributed by atoms with Gasteiger partial charge < -0.3 is 5.73 Å². The minimum atomic E-state index is -0.257. The summed E-state index contributed by atoms with van der Waals surface area (Å²) in [4.78, 5) is 11.5. The number of nitrogens with two attached hydrogens (primary N) is 1. The van der Waals surface area contributed by atoms with Gasteiger partial charge in [0.05, 0.1) is 6.04 Å². The van der Waals surface area contributed by atoms with Crippen molar-refractivity contribution in [3.8, 4) is 0 Å². The smallest absolute Gasteiger partial charge is 0.153 e. The predicted octanol–water partition coefficient (Wildman–Crippen LogP) is 1.49. The molecule has 2 nitrogen and oxygen atoms in total. The quantitative estimate of drug-likeness (QED) is 0.661. The number of hydrogen-bond donors (Lipinski definition) is 1. The molecule has 0 amide bonds. The highest BCUT2D eigenvalue weighted by Crippen LogP contribution is 2.17. The molecule has 0 saturated carbocycles. The summed E-state index contributed by atoms with van der Waals surface area (Å²) in [5, 5.41) is 0. The highest BCUT2D eigenvalue weighted by Gasteiger charge is 2.19. The van der Waals surface area contributed by atoms with Gasteiger partial charge in [0.2, 0.25) is 0 Å². The molecule has 1 aliphatic carbocycles. The molecule has 0 unspecified atom stereocenters. The molecule has 14 heavy (non-hydrogen) atoms. The van der Waals surface area contributed by atoms with Gasteiger partial charge in [-0.2, -0.15) is 0 Å². The molecule has 0 saturated heterocycles. The number of carbonyl (C=O) groups excluding carboxylic acids is 1. The van der Waals surface area contributed by atoms with Crippen molar-refractivity contribution in [2.24, 2.45) is 5.73 Å². The van der Waals surface area contributed by atoms with E-state index < -0.39 is 0 Å². The Morgan fingerprint density at radius 3 is 2.57 bits per heavy atom. The molecule has 0 aliphatic heterocycles. The Bertz CT molecular complexity index is 338. The normalized spacial score (nSPS) is 20.6. The summed E-state index contributed by atoms with van der Waals surface area (Å²) in [5.74, 6) is 0.171. The maximum Gasteiger partial charge on any atom is 0.153 e. The Morgan fingerprint density at radius 2 is 1.86 bits per heavy atom. The van der Waals surface area contributed by atoms with Gasteiger partial charge in [0.15, 0.2) is 5.78 Å². The van der Waals surface area contributed by atoms with Crippen molar-refractivity contribution in [2.45, 2.75) is 25.3 Å². The van der Waals surface area contributed by atoms with E-state index in [9.17, 15) is 4.79 Å². The van der Waals surface area contributed by atoms with E-state index >= 15 is 0 Å². The number of carbonyl (C=O) groups is 1. The zero-order valence-corrected chi connectivity index (χ0v) is 8.72. The second-order valence-electron chi connectivity index (χ2n) is 3.56. The number of rotatable bonds is 0. The van der Waals surface area contributed by atoms with Crippen LogP contribution < -0.4 is 5.73 Å². The van der Waals surface area contributed by atoms with E-state index in [1.807, 2.05) is 18.2 Å². The Morgan fingerprint density at radius 1 is 1.21 bits per heavy atom. The monoisotopic (exact) mass is 211 g/mol. The van der Waals surface area contributed by atoms with E-state index in [4.69, 9.17) is 5.73 Å². The van der Waals surface area contributed by atoms with Crippen molar-refractivity contribution in [3.05, 3.63) is 35.4 Å². The molecule has 1 aliphatic rings. The van der Waals surface area contributed by atoms with E-state index in [2.05, 4.69) is 6.07 Å². The summed E-state index contributed by atoms with van der Waals surface area (Å²) < 4.78 is 0. The fourth-order valence-electron chi connectivity index (χ4n) is 1.76. The molecule has 0 heterocycles. The molecule has 76 valence electrons. The van der Waals surface area contributed by atoms with E-state index in [1.54, 1.807) is 0 Å². The lowest BCUT2D eigenvalue weighted by atomic mass is 10.0. The van der Waals surface area contributed by atoms with Crippen LogP contribution in [-0.4, -0.2) is 11.8 Å². The molecule has 0 radical (unpaired) electrons. The largest absolute Gasteiger partial charge is 0.321 e. The van der Waals surface area contributed by atoms with Crippen molar-refractivity contribution < 1.29 is 4.79 Å². The number of benzene rings is 1. The molecular formula is C11H14ClNO. The molecule has 1 aromatic rings. The minimum Gasteiger partial charge on any atom is -0.321 e. The van der Waals surface area contributed by atoms with Crippen LogP contribution in [0, 0.1) is 0 Å². The van der Waals surface area contributed by atoms with Crippen molar-refractivity contribution >= 4 is 18.2 Å². The number of ketones is 1. The van der Waals surface area contributed by atoms with Crippen molar-refractivity contribution in [3.63, 3.8) is 0 Å². The van der Waals surface area contributed by atoms with E-state index in [0.717, 1.165) is 18.4 Å². The van der Waals surface area contributed by atoms with E-state index in [1.165, 1.54) is 5.56 Å². The Hall–Kier alpha value is -0.860. The average molecular weight is 212 g/mol. The number of fused-ring (bicyclic) bond motifs is 1. The molecule has 0 aromatic heterocycles. The molecule has 2 N–H and O–H groups in total. The molecule has 0 fully saturated rings. The first-order chi connectivity index (χ1) is 6.27. The Balaban J connectivity index is 0.000000980. The summed E-state index contributed by atoms with van der Waals surface area (Å²) in [6.45, 7) is 0. The third-order valence-corrected chi connectivity index (χ3v) is 2.62. The fourth-order valence-corrected chi connectivity index (χ4v) is 1.76. The van der Waals surface area contributed by atoms with Gasteiger partial charge in [-0.1, -0.05) is 24.3 Å². The van der Waals surface area contributed by atoms with E-state index in [0.29, 0.717) is 6.42 Å². The summed E-state index contributed by atoms with van der Waals surface area (Å²) in [6.07, 6.45) is 2.23. The highest BCUT2D eigenvalue weighted by molar-refractivity contribution is 5.86. The third kappa shape index (κ3) is 2.14. The van der Waals surface area contributed by atoms with Gasteiger partial charge in [-0.3, -0.25) is 4.79 Å². The van der Waals surface area contributed by atoms with Crippen LogP contribution in [0.4, 0.5) is 0 Å². The Labute approximate surface area is 89.9 Å². The average Bonchev–Trinajstić information content (AvgIpc) is 2.28. The fraction of sp³-hybridized carbons (Fsp3) is 0.364. The second kappa shape index (κ2) is 4.58. The Kier molecular flexibility index (Phi) is 3.67. The van der Waals surface area contributed by atoms with Gasteiger partial charge in [-0.05, 0) is 24.0 Å². The number of aryl methyl sites for hydroxylation is 1. The summed E-state index contributed by atoms with van der Waals surface area (Å²) in [7, 11) is 0. The van der Waals surface area contributed by atoms with E-state index in [-0.39, 0.29) is 24.2 Å². The van der Waals surface area contributed by atoms with Crippen LogP contribution >= 0.6 is 12.4 Å². The standard InChI is InChI=1S/C11H13NO.ClH/c12-10-6-5-8-3-1-2-4-9(8)7-11(10)13;/h1-4,10H,5-7,12H2;1H/t10-;/m0./s1. The first-order valence-electron chi connectivity index (χ1n) is 4.62. The zero-order chi connectivity index (χ0) is 9.26. The minimum absolute atomic E-state index is 0. The van der Waals surface area contributed by atoms with Gasteiger partial charge in [-0.25, -0.2) is 0 Å². The van der Waals surface area contributed by atoms with Crippen molar-refractivity contribution in [2.75, 3.05) is 0 Å². The lowest BCUT2D eigenvalue weighted by molar-refractivity contribution is -0.119. The molecular weight excluding hydrogens is 198 g/mol. The highest BCUT2D eigenvalue weighted by atomic mass is 35.5. The number of hydrogen-bond acceptors (Lipinski definition) is 2. The first-order valence-corrected chi connectivity index (χ1v) is 4.62. The third-order valence-electron chi connectivity index (χ3n) is 2.62. The van der Waals surface area contributed by atoms with Crippen molar-refractivity contribution in [1.82, 2.24) is 0 Å². The summed E-state index contributed by atoms with van der Waals surface area (Å²) >= 11 is 0. The SMILES string of the molecule is Cl.N[C@H]1CCc2ccccc2CC1=O. The summed E-state index contributed by atoms with van der Waals surface area (Å²) in [6, 6.07) is 7.84. The number of halogens is 1. The molecule has 2 rings (SSSR count). The van der Waals surface area contributed by atoms with Crippen LogP contribution in [0.25, 0.3) is 0 Å². The molecule has 1 aromatic carbocycles. The second-order valence-corrected chi connectivity index (χ2v) is 3.56. The molecule has 0 bridgehead atoms. The first kappa shape index (κ1) is 11.2. The zero-order valence-electron chi connectivity index (χ0n) is 7.90. The lowest BCUT2D eigenvalue weighted by Crippen LogP contribution is -2.30. The molecule has 3 heteroatoms. The maximum atomic E-state index is 11.5. The summed E-state index contributed by atoms with van der Waals surface area (Å²) in [5.41, 5.74) is 8.14. The van der Waals surface area contributed by atoms with Gasteiger partial charge in [-0.15, -0.1) is 12.4 Å². The lowest BCUT2D eigenvalue weighted by Gasteiger charge is -2.03. The molecule has 1 atom stereocenters. The molecule has 0 spiro atoms.